The van der Waals surface area contributed by atoms with Gasteiger partial charge in [-0.05, 0) is 49.3 Å². The lowest BCUT2D eigenvalue weighted by Crippen LogP contribution is -2.42. The van der Waals surface area contributed by atoms with E-state index in [2.05, 4.69) is 35.9 Å². The molecule has 0 spiro atoms. The standard InChI is InChI=1S/C18H29N3O/c1-3-13-22-17-6-4-5-16(14-17)7-10-20-18(19)21-11-8-15(2)9-12-21/h4-6,14-15H,3,7-13H2,1-2H3,(H2,19,20). The van der Waals surface area contributed by atoms with Crippen molar-refractivity contribution in [2.24, 2.45) is 16.6 Å². The third-order valence-corrected chi connectivity index (χ3v) is 4.15. The largest absolute Gasteiger partial charge is 0.494 e. The summed E-state index contributed by atoms with van der Waals surface area (Å²) < 4.78 is 5.66. The van der Waals surface area contributed by atoms with Crippen molar-refractivity contribution >= 4 is 5.96 Å². The van der Waals surface area contributed by atoms with Gasteiger partial charge in [0.2, 0.25) is 0 Å². The van der Waals surface area contributed by atoms with Crippen LogP contribution in [-0.2, 0) is 6.42 Å². The minimum Gasteiger partial charge on any atom is -0.494 e. The van der Waals surface area contributed by atoms with Gasteiger partial charge in [0.15, 0.2) is 5.96 Å². The molecule has 0 saturated carbocycles. The van der Waals surface area contributed by atoms with E-state index < -0.39 is 0 Å². The highest BCUT2D eigenvalue weighted by Gasteiger charge is 2.16. The molecule has 22 heavy (non-hydrogen) atoms. The Kier molecular flexibility index (Phi) is 6.56. The minimum absolute atomic E-state index is 0.699. The molecule has 0 radical (unpaired) electrons. The first-order valence-corrected chi connectivity index (χ1v) is 8.45. The number of nitrogens with two attached hydrogens (primary N) is 1. The molecule has 0 aromatic heterocycles. The van der Waals surface area contributed by atoms with E-state index in [1.165, 1.54) is 18.4 Å². The number of rotatable bonds is 6. The number of likely N-dealkylation sites (tertiary alicyclic amines) is 1. The van der Waals surface area contributed by atoms with Crippen molar-refractivity contribution in [2.75, 3.05) is 26.2 Å². The summed E-state index contributed by atoms with van der Waals surface area (Å²) in [5, 5.41) is 0. The fourth-order valence-electron chi connectivity index (χ4n) is 2.65. The van der Waals surface area contributed by atoms with Crippen LogP contribution in [-0.4, -0.2) is 37.1 Å². The molecule has 0 bridgehead atoms. The second kappa shape index (κ2) is 8.66. The van der Waals surface area contributed by atoms with Gasteiger partial charge in [0.25, 0.3) is 0 Å². The maximum Gasteiger partial charge on any atom is 0.191 e. The quantitative estimate of drug-likeness (QED) is 0.649. The van der Waals surface area contributed by atoms with Crippen LogP contribution in [0.5, 0.6) is 5.75 Å². The number of guanidine groups is 1. The van der Waals surface area contributed by atoms with Crippen LogP contribution in [0.1, 0.15) is 38.7 Å². The summed E-state index contributed by atoms with van der Waals surface area (Å²) in [5.74, 6) is 2.46. The summed E-state index contributed by atoms with van der Waals surface area (Å²) >= 11 is 0. The van der Waals surface area contributed by atoms with Crippen LogP contribution in [0.2, 0.25) is 0 Å². The van der Waals surface area contributed by atoms with E-state index in [-0.39, 0.29) is 0 Å². The molecule has 1 aliphatic heterocycles. The van der Waals surface area contributed by atoms with Gasteiger partial charge in [-0.15, -0.1) is 0 Å². The van der Waals surface area contributed by atoms with Crippen LogP contribution >= 0.6 is 0 Å². The molecule has 4 heteroatoms. The fourth-order valence-corrected chi connectivity index (χ4v) is 2.65. The zero-order valence-corrected chi connectivity index (χ0v) is 13.9. The molecule has 1 heterocycles. The third kappa shape index (κ3) is 5.24. The van der Waals surface area contributed by atoms with Crippen molar-refractivity contribution < 1.29 is 4.74 Å². The van der Waals surface area contributed by atoms with Crippen LogP contribution in [0, 0.1) is 5.92 Å². The van der Waals surface area contributed by atoms with Crippen LogP contribution in [0.4, 0.5) is 0 Å². The van der Waals surface area contributed by atoms with Gasteiger partial charge in [0, 0.05) is 19.6 Å². The van der Waals surface area contributed by atoms with Crippen molar-refractivity contribution in [3.8, 4) is 5.75 Å². The maximum atomic E-state index is 6.10. The maximum absolute atomic E-state index is 6.10. The van der Waals surface area contributed by atoms with Gasteiger partial charge in [0.05, 0.1) is 6.61 Å². The van der Waals surface area contributed by atoms with Gasteiger partial charge >= 0.3 is 0 Å². The van der Waals surface area contributed by atoms with Crippen LogP contribution < -0.4 is 10.5 Å². The van der Waals surface area contributed by atoms with E-state index in [4.69, 9.17) is 10.5 Å². The van der Waals surface area contributed by atoms with E-state index in [9.17, 15) is 0 Å². The Morgan fingerprint density at radius 2 is 2.14 bits per heavy atom. The summed E-state index contributed by atoms with van der Waals surface area (Å²) in [7, 11) is 0. The van der Waals surface area contributed by atoms with Gasteiger partial charge in [-0.1, -0.05) is 26.0 Å². The number of ether oxygens (including phenoxy) is 1. The van der Waals surface area contributed by atoms with E-state index in [1.54, 1.807) is 0 Å². The zero-order valence-electron chi connectivity index (χ0n) is 13.9. The van der Waals surface area contributed by atoms with Crippen molar-refractivity contribution in [3.63, 3.8) is 0 Å². The molecule has 1 aromatic rings. The molecule has 1 aliphatic rings. The Morgan fingerprint density at radius 3 is 2.86 bits per heavy atom. The van der Waals surface area contributed by atoms with E-state index in [0.717, 1.165) is 50.8 Å². The van der Waals surface area contributed by atoms with Crippen LogP contribution in [0.15, 0.2) is 29.3 Å². The first kappa shape index (κ1) is 16.7. The molecular weight excluding hydrogens is 274 g/mol. The highest BCUT2D eigenvalue weighted by molar-refractivity contribution is 5.78. The van der Waals surface area contributed by atoms with Crippen molar-refractivity contribution in [2.45, 2.75) is 39.5 Å². The molecule has 0 atom stereocenters. The average molecular weight is 303 g/mol. The molecule has 0 amide bonds. The number of aliphatic imine (C=N–C) groups is 1. The SMILES string of the molecule is CCCOc1cccc(CCN=C(N)N2CCC(C)CC2)c1. The van der Waals surface area contributed by atoms with Gasteiger partial charge in [-0.3, -0.25) is 4.99 Å². The number of piperidine rings is 1. The first-order chi connectivity index (χ1) is 10.7. The highest BCUT2D eigenvalue weighted by Crippen LogP contribution is 2.16. The molecule has 0 unspecified atom stereocenters. The molecule has 2 rings (SSSR count). The molecule has 2 N–H and O–H groups in total. The molecule has 1 fully saturated rings. The molecule has 0 aliphatic carbocycles. The number of nitrogens with zero attached hydrogens (tertiary/aromatic N) is 2. The number of benzene rings is 1. The highest BCUT2D eigenvalue weighted by atomic mass is 16.5. The van der Waals surface area contributed by atoms with Gasteiger partial charge in [0.1, 0.15) is 5.75 Å². The average Bonchev–Trinajstić information content (AvgIpc) is 2.54. The molecule has 122 valence electrons. The zero-order chi connectivity index (χ0) is 15.8. The lowest BCUT2D eigenvalue weighted by atomic mass is 10.00. The summed E-state index contributed by atoms with van der Waals surface area (Å²) in [4.78, 5) is 6.75. The second-order valence-corrected chi connectivity index (χ2v) is 6.16. The molecule has 1 saturated heterocycles. The lowest BCUT2D eigenvalue weighted by molar-refractivity contribution is 0.277. The molecule has 1 aromatic carbocycles. The van der Waals surface area contributed by atoms with Crippen molar-refractivity contribution in [1.82, 2.24) is 4.90 Å². The molecular formula is C18H29N3O. The summed E-state index contributed by atoms with van der Waals surface area (Å²) in [6.07, 6.45) is 4.35. The van der Waals surface area contributed by atoms with Gasteiger partial charge in [-0.2, -0.15) is 0 Å². The minimum atomic E-state index is 0.699. The second-order valence-electron chi connectivity index (χ2n) is 6.16. The van der Waals surface area contributed by atoms with Crippen molar-refractivity contribution in [1.29, 1.82) is 0 Å². The normalized spacial score (nSPS) is 16.8. The van der Waals surface area contributed by atoms with Crippen LogP contribution in [0.25, 0.3) is 0 Å². The monoisotopic (exact) mass is 303 g/mol. The summed E-state index contributed by atoms with van der Waals surface area (Å²) in [6.45, 7) is 7.99. The Morgan fingerprint density at radius 1 is 1.36 bits per heavy atom. The molecule has 4 nitrogen and oxygen atoms in total. The Hall–Kier alpha value is -1.71. The topological polar surface area (TPSA) is 50.9 Å². The Bertz CT molecular complexity index is 479. The van der Waals surface area contributed by atoms with Gasteiger partial charge < -0.3 is 15.4 Å². The van der Waals surface area contributed by atoms with Crippen LogP contribution in [0.3, 0.4) is 0 Å². The van der Waals surface area contributed by atoms with E-state index in [0.29, 0.717) is 5.96 Å². The predicted octanol–water partition coefficient (Wildman–Crippen LogP) is 3.06. The summed E-state index contributed by atoms with van der Waals surface area (Å²) in [5.41, 5.74) is 7.35. The third-order valence-electron chi connectivity index (χ3n) is 4.15. The Labute approximate surface area is 134 Å². The van der Waals surface area contributed by atoms with Crippen molar-refractivity contribution in [3.05, 3.63) is 29.8 Å². The van der Waals surface area contributed by atoms with E-state index >= 15 is 0 Å². The fraction of sp³-hybridized carbons (Fsp3) is 0.611. The number of hydrogen-bond acceptors (Lipinski definition) is 2. The Balaban J connectivity index is 1.80. The lowest BCUT2D eigenvalue weighted by Gasteiger charge is -2.31. The predicted molar refractivity (Wildman–Crippen MR) is 92.4 cm³/mol. The van der Waals surface area contributed by atoms with E-state index in [1.807, 2.05) is 12.1 Å². The summed E-state index contributed by atoms with van der Waals surface area (Å²) in [6, 6.07) is 8.27. The first-order valence-electron chi connectivity index (χ1n) is 8.45. The number of hydrogen-bond donors (Lipinski definition) is 1. The smallest absolute Gasteiger partial charge is 0.191 e. The van der Waals surface area contributed by atoms with Gasteiger partial charge in [-0.25, -0.2) is 0 Å².